The minimum atomic E-state index is -0.763. The summed E-state index contributed by atoms with van der Waals surface area (Å²) in [5.74, 6) is -0.162. The average Bonchev–Trinajstić information content (AvgIpc) is 3.06. The van der Waals surface area contributed by atoms with E-state index in [4.69, 9.17) is 4.74 Å². The lowest BCUT2D eigenvalue weighted by Crippen LogP contribution is -2.73. The summed E-state index contributed by atoms with van der Waals surface area (Å²) in [6.45, 7) is 2.27. The summed E-state index contributed by atoms with van der Waals surface area (Å²) in [6.07, 6.45) is -1.27. The van der Waals surface area contributed by atoms with Crippen molar-refractivity contribution in [1.82, 2.24) is 9.80 Å². The van der Waals surface area contributed by atoms with Gasteiger partial charge in [0.15, 0.2) is 0 Å². The third-order valence-corrected chi connectivity index (χ3v) is 5.30. The van der Waals surface area contributed by atoms with Crippen LogP contribution in [0.1, 0.15) is 24.1 Å². The number of hydrogen-bond acceptors (Lipinski definition) is 4. The van der Waals surface area contributed by atoms with E-state index in [0.717, 1.165) is 11.1 Å². The van der Waals surface area contributed by atoms with Crippen LogP contribution < -0.4 is 0 Å². The molecule has 6 heteroatoms. The van der Waals surface area contributed by atoms with Gasteiger partial charge < -0.3 is 14.7 Å². The fourth-order valence-electron chi connectivity index (χ4n) is 3.99. The average molecular weight is 366 g/mol. The molecule has 4 rings (SSSR count). The van der Waals surface area contributed by atoms with E-state index in [2.05, 4.69) is 0 Å². The van der Waals surface area contributed by atoms with E-state index in [1.54, 1.807) is 11.8 Å². The van der Waals surface area contributed by atoms with E-state index >= 15 is 0 Å². The Kier molecular flexibility index (Phi) is 4.58. The molecule has 27 heavy (non-hydrogen) atoms. The molecule has 0 unspecified atom stereocenters. The lowest BCUT2D eigenvalue weighted by atomic mass is 9.87. The number of hydrogen-bond donors (Lipinski definition) is 1. The van der Waals surface area contributed by atoms with Crippen molar-refractivity contribution < 1.29 is 19.4 Å². The number of aliphatic hydroxyl groups is 1. The fourth-order valence-corrected chi connectivity index (χ4v) is 3.99. The van der Waals surface area contributed by atoms with Crippen LogP contribution in [0, 0.1) is 0 Å². The second-order valence-electron chi connectivity index (χ2n) is 7.04. The SMILES string of the molecule is C[C@@H](O)[C@H]1[C@@H](N2C(=O)OC[C@@H]2c2ccccc2)C(=O)N1Cc1ccccc1. The molecule has 2 fully saturated rings. The summed E-state index contributed by atoms with van der Waals surface area (Å²) in [6, 6.07) is 17.7. The topological polar surface area (TPSA) is 70.1 Å². The minimum absolute atomic E-state index is 0.162. The van der Waals surface area contributed by atoms with Crippen LogP contribution in [0.15, 0.2) is 60.7 Å². The molecule has 0 radical (unpaired) electrons. The lowest BCUT2D eigenvalue weighted by Gasteiger charge is -2.52. The summed E-state index contributed by atoms with van der Waals surface area (Å²) in [5.41, 5.74) is 1.90. The van der Waals surface area contributed by atoms with E-state index in [1.807, 2.05) is 60.7 Å². The first kappa shape index (κ1) is 17.5. The molecule has 2 heterocycles. The molecule has 2 amide bonds. The number of likely N-dealkylation sites (tertiary alicyclic amines) is 1. The number of amides is 2. The molecule has 2 aliphatic rings. The Bertz CT molecular complexity index is 825. The summed E-state index contributed by atoms with van der Waals surface area (Å²) in [4.78, 5) is 28.5. The van der Waals surface area contributed by atoms with Crippen LogP contribution in [-0.4, -0.2) is 51.7 Å². The van der Waals surface area contributed by atoms with Gasteiger partial charge in [0.2, 0.25) is 5.91 Å². The van der Waals surface area contributed by atoms with Crippen LogP contribution in [0.2, 0.25) is 0 Å². The Hall–Kier alpha value is -2.86. The summed E-state index contributed by atoms with van der Waals surface area (Å²) in [5, 5.41) is 10.3. The number of rotatable bonds is 5. The predicted octanol–water partition coefficient (Wildman–Crippen LogP) is 2.34. The molecular formula is C21H22N2O4. The summed E-state index contributed by atoms with van der Waals surface area (Å²) < 4.78 is 5.25. The number of aliphatic hydroxyl groups excluding tert-OH is 1. The minimum Gasteiger partial charge on any atom is -0.447 e. The molecule has 1 N–H and O–H groups in total. The highest BCUT2D eigenvalue weighted by Gasteiger charge is 2.57. The Morgan fingerprint density at radius 3 is 2.33 bits per heavy atom. The zero-order valence-electron chi connectivity index (χ0n) is 15.1. The maximum Gasteiger partial charge on any atom is 0.411 e. The van der Waals surface area contributed by atoms with Crippen LogP contribution in [0.4, 0.5) is 4.79 Å². The molecule has 0 bridgehead atoms. The van der Waals surface area contributed by atoms with Gasteiger partial charge in [-0.05, 0) is 18.1 Å². The molecule has 0 spiro atoms. The molecule has 2 aliphatic heterocycles. The zero-order valence-corrected chi connectivity index (χ0v) is 15.1. The van der Waals surface area contributed by atoms with Crippen LogP contribution in [0.25, 0.3) is 0 Å². The van der Waals surface area contributed by atoms with Crippen molar-refractivity contribution in [3.63, 3.8) is 0 Å². The van der Waals surface area contributed by atoms with Crippen molar-refractivity contribution in [3.8, 4) is 0 Å². The van der Waals surface area contributed by atoms with E-state index in [-0.39, 0.29) is 18.6 Å². The van der Waals surface area contributed by atoms with Gasteiger partial charge in [0.05, 0.1) is 18.2 Å². The molecule has 140 valence electrons. The summed E-state index contributed by atoms with van der Waals surface area (Å²) in [7, 11) is 0. The van der Waals surface area contributed by atoms with Gasteiger partial charge in [-0.1, -0.05) is 60.7 Å². The maximum absolute atomic E-state index is 13.0. The molecule has 0 aromatic heterocycles. The van der Waals surface area contributed by atoms with Gasteiger partial charge in [-0.25, -0.2) is 4.79 Å². The van der Waals surface area contributed by atoms with E-state index in [9.17, 15) is 14.7 Å². The monoisotopic (exact) mass is 366 g/mol. The molecule has 6 nitrogen and oxygen atoms in total. The second kappa shape index (κ2) is 7.04. The van der Waals surface area contributed by atoms with Crippen molar-refractivity contribution in [3.05, 3.63) is 71.8 Å². The highest BCUT2D eigenvalue weighted by Crippen LogP contribution is 2.38. The van der Waals surface area contributed by atoms with Crippen LogP contribution in [0.3, 0.4) is 0 Å². The molecule has 2 aromatic carbocycles. The number of β-lactam (4-membered cyclic amide) rings is 1. The number of carbonyl (C=O) groups excluding carboxylic acids is 2. The van der Waals surface area contributed by atoms with Crippen LogP contribution in [-0.2, 0) is 16.1 Å². The lowest BCUT2D eigenvalue weighted by molar-refractivity contribution is -0.167. The van der Waals surface area contributed by atoms with Crippen molar-refractivity contribution in [1.29, 1.82) is 0 Å². The Morgan fingerprint density at radius 1 is 1.07 bits per heavy atom. The standard InChI is InChI=1S/C21H22N2O4/c1-14(24)18-19(20(25)22(18)12-15-8-4-2-5-9-15)23-17(13-27-21(23)26)16-10-6-3-7-11-16/h2-11,14,17-19,24H,12-13H2,1H3/t14-,17-,18+,19-/m1/s1. The van der Waals surface area contributed by atoms with Crippen LogP contribution >= 0.6 is 0 Å². The van der Waals surface area contributed by atoms with Gasteiger partial charge in [-0.3, -0.25) is 9.69 Å². The van der Waals surface area contributed by atoms with E-state index in [0.29, 0.717) is 6.54 Å². The van der Waals surface area contributed by atoms with Crippen molar-refractivity contribution in [2.45, 2.75) is 37.7 Å². The highest BCUT2D eigenvalue weighted by atomic mass is 16.6. The zero-order chi connectivity index (χ0) is 19.0. The third-order valence-electron chi connectivity index (χ3n) is 5.30. The first-order valence-corrected chi connectivity index (χ1v) is 9.10. The van der Waals surface area contributed by atoms with Crippen LogP contribution in [0.5, 0.6) is 0 Å². The van der Waals surface area contributed by atoms with Gasteiger partial charge in [-0.15, -0.1) is 0 Å². The Morgan fingerprint density at radius 2 is 1.70 bits per heavy atom. The Balaban J connectivity index is 1.60. The van der Waals surface area contributed by atoms with Gasteiger partial charge in [0, 0.05) is 6.54 Å². The number of nitrogens with zero attached hydrogens (tertiary/aromatic N) is 2. The number of cyclic esters (lactones) is 1. The quantitative estimate of drug-likeness (QED) is 0.825. The van der Waals surface area contributed by atoms with Crippen molar-refractivity contribution >= 4 is 12.0 Å². The molecule has 2 aromatic rings. The number of ether oxygens (including phenoxy) is 1. The van der Waals surface area contributed by atoms with Gasteiger partial charge >= 0.3 is 6.09 Å². The normalized spacial score (nSPS) is 25.9. The van der Waals surface area contributed by atoms with Crippen molar-refractivity contribution in [2.24, 2.45) is 0 Å². The highest BCUT2D eigenvalue weighted by molar-refractivity contribution is 5.93. The van der Waals surface area contributed by atoms with Gasteiger partial charge in [0.1, 0.15) is 12.6 Å². The molecular weight excluding hydrogens is 344 g/mol. The van der Waals surface area contributed by atoms with Crippen molar-refractivity contribution in [2.75, 3.05) is 6.61 Å². The molecule has 4 atom stereocenters. The second-order valence-corrected chi connectivity index (χ2v) is 7.04. The maximum atomic E-state index is 13.0. The smallest absolute Gasteiger partial charge is 0.411 e. The predicted molar refractivity (Wildman–Crippen MR) is 98.6 cm³/mol. The molecule has 0 aliphatic carbocycles. The first-order valence-electron chi connectivity index (χ1n) is 9.10. The van der Waals surface area contributed by atoms with E-state index in [1.165, 1.54) is 4.90 Å². The van der Waals surface area contributed by atoms with Gasteiger partial charge in [-0.2, -0.15) is 0 Å². The fraction of sp³-hybridized carbons (Fsp3) is 0.333. The number of benzene rings is 2. The summed E-state index contributed by atoms with van der Waals surface area (Å²) >= 11 is 0. The molecule has 0 saturated carbocycles. The Labute approximate surface area is 158 Å². The van der Waals surface area contributed by atoms with E-state index < -0.39 is 24.3 Å². The first-order chi connectivity index (χ1) is 13.1. The molecule has 2 saturated heterocycles. The van der Waals surface area contributed by atoms with Gasteiger partial charge in [0.25, 0.3) is 0 Å². The number of carbonyl (C=O) groups is 2. The largest absolute Gasteiger partial charge is 0.447 e. The third kappa shape index (κ3) is 3.06.